The summed E-state index contributed by atoms with van der Waals surface area (Å²) in [7, 11) is 1.40. The molecule has 0 aliphatic carbocycles. The minimum absolute atomic E-state index is 0.0716. The molecule has 7 heteroatoms. The average Bonchev–Trinajstić information content (AvgIpc) is 2.19. The summed E-state index contributed by atoms with van der Waals surface area (Å²) in [6.07, 6.45) is -4.90. The van der Waals surface area contributed by atoms with Gasteiger partial charge in [-0.25, -0.2) is 0 Å². The van der Waals surface area contributed by atoms with Crippen molar-refractivity contribution >= 4 is 34.2 Å². The van der Waals surface area contributed by atoms with Gasteiger partial charge in [-0.05, 0) is 34.7 Å². The zero-order chi connectivity index (χ0) is 12.3. The fourth-order valence-electron chi connectivity index (χ4n) is 0.958. The van der Waals surface area contributed by atoms with Crippen molar-refractivity contribution in [3.05, 3.63) is 21.8 Å². The maximum absolute atomic E-state index is 12.0. The number of hydrogen-bond donors (Lipinski definition) is 1. The number of nitrogens with one attached hydrogen (secondary N) is 1. The van der Waals surface area contributed by atoms with E-state index in [2.05, 4.69) is 0 Å². The minimum atomic E-state index is -4.90. The Bertz CT molecular complexity index is 406. The van der Waals surface area contributed by atoms with Crippen LogP contribution in [0.2, 0.25) is 0 Å². The van der Waals surface area contributed by atoms with E-state index in [0.29, 0.717) is 9.32 Å². The molecule has 1 aromatic rings. The summed E-state index contributed by atoms with van der Waals surface area (Å²) in [5.74, 6) is -1.60. The molecule has 0 aromatic heterocycles. The highest BCUT2D eigenvalue weighted by molar-refractivity contribution is 14.1. The number of carbonyl (C=O) groups is 1. The predicted octanol–water partition coefficient (Wildman–Crippen LogP) is 2.80. The Labute approximate surface area is 103 Å². The number of alkyl halides is 3. The smallest absolute Gasteiger partial charge is 0.471 e. The SMILES string of the molecule is COc1cccc(NC(=O)C(F)(F)F)c1I. The highest BCUT2D eigenvalue weighted by atomic mass is 127. The summed E-state index contributed by atoms with van der Waals surface area (Å²) in [5, 5.41) is 1.77. The van der Waals surface area contributed by atoms with Gasteiger partial charge in [-0.1, -0.05) is 6.07 Å². The molecular formula is C9H7F3INO2. The third-order valence-corrected chi connectivity index (χ3v) is 2.80. The number of hydrogen-bond acceptors (Lipinski definition) is 2. The molecule has 0 spiro atoms. The molecule has 0 aliphatic rings. The second kappa shape index (κ2) is 4.89. The molecule has 88 valence electrons. The second-order valence-corrected chi connectivity index (χ2v) is 3.85. The normalized spacial score (nSPS) is 11.1. The number of benzene rings is 1. The van der Waals surface area contributed by atoms with Crippen LogP contribution in [0.4, 0.5) is 18.9 Å². The van der Waals surface area contributed by atoms with Crippen molar-refractivity contribution in [2.75, 3.05) is 12.4 Å². The molecule has 0 heterocycles. The van der Waals surface area contributed by atoms with Crippen LogP contribution in [0, 0.1) is 3.57 Å². The van der Waals surface area contributed by atoms with Crippen LogP contribution in [0.5, 0.6) is 5.75 Å². The Morgan fingerprint density at radius 2 is 2.06 bits per heavy atom. The van der Waals surface area contributed by atoms with E-state index in [1.807, 2.05) is 0 Å². The standard InChI is InChI=1S/C9H7F3INO2/c1-16-6-4-2-3-5(7(6)13)14-8(15)9(10,11)12/h2-4H,1H3,(H,14,15). The molecule has 0 radical (unpaired) electrons. The average molecular weight is 345 g/mol. The van der Waals surface area contributed by atoms with Crippen LogP contribution in [0.3, 0.4) is 0 Å². The van der Waals surface area contributed by atoms with Gasteiger partial charge in [0.2, 0.25) is 0 Å². The third kappa shape index (κ3) is 3.00. The van der Waals surface area contributed by atoms with E-state index < -0.39 is 12.1 Å². The summed E-state index contributed by atoms with van der Waals surface area (Å²) in [6.45, 7) is 0. The number of methoxy groups -OCH3 is 1. The number of halogens is 4. The van der Waals surface area contributed by atoms with E-state index in [4.69, 9.17) is 4.74 Å². The summed E-state index contributed by atoms with van der Waals surface area (Å²) < 4.78 is 41.3. The molecule has 0 bridgehead atoms. The van der Waals surface area contributed by atoms with Crippen LogP contribution in [0.25, 0.3) is 0 Å². The fraction of sp³-hybridized carbons (Fsp3) is 0.222. The quantitative estimate of drug-likeness (QED) is 0.838. The van der Waals surface area contributed by atoms with Gasteiger partial charge in [0, 0.05) is 0 Å². The van der Waals surface area contributed by atoms with Gasteiger partial charge < -0.3 is 10.1 Å². The Kier molecular flexibility index (Phi) is 4.00. The summed E-state index contributed by atoms with van der Waals surface area (Å²) in [6, 6.07) is 4.45. The lowest BCUT2D eigenvalue weighted by Gasteiger charge is -2.11. The summed E-state index contributed by atoms with van der Waals surface area (Å²) in [5.41, 5.74) is 0.0716. The van der Waals surface area contributed by atoms with Gasteiger partial charge in [0.15, 0.2) is 0 Å². The predicted molar refractivity (Wildman–Crippen MR) is 60.4 cm³/mol. The Balaban J connectivity index is 2.94. The monoisotopic (exact) mass is 345 g/mol. The molecule has 1 rings (SSSR count). The number of anilines is 1. The van der Waals surface area contributed by atoms with Gasteiger partial charge in [0.05, 0.1) is 16.4 Å². The Hall–Kier alpha value is -0.990. The topological polar surface area (TPSA) is 38.3 Å². The highest BCUT2D eigenvalue weighted by Crippen LogP contribution is 2.29. The number of carbonyl (C=O) groups excluding carboxylic acids is 1. The Morgan fingerprint density at radius 1 is 1.44 bits per heavy atom. The molecule has 1 amide bonds. The molecule has 0 unspecified atom stereocenters. The highest BCUT2D eigenvalue weighted by Gasteiger charge is 2.39. The van der Waals surface area contributed by atoms with Crippen LogP contribution in [-0.2, 0) is 4.79 Å². The molecule has 0 aliphatic heterocycles. The van der Waals surface area contributed by atoms with E-state index in [-0.39, 0.29) is 5.69 Å². The first-order valence-electron chi connectivity index (χ1n) is 4.07. The first-order chi connectivity index (χ1) is 7.36. The zero-order valence-electron chi connectivity index (χ0n) is 8.06. The number of amides is 1. The maximum atomic E-state index is 12.0. The van der Waals surface area contributed by atoms with Crippen LogP contribution in [0.15, 0.2) is 18.2 Å². The molecule has 0 atom stereocenters. The van der Waals surface area contributed by atoms with Crippen LogP contribution in [-0.4, -0.2) is 19.2 Å². The van der Waals surface area contributed by atoms with E-state index in [9.17, 15) is 18.0 Å². The van der Waals surface area contributed by atoms with Crippen molar-refractivity contribution in [1.29, 1.82) is 0 Å². The van der Waals surface area contributed by atoms with Gasteiger partial charge >= 0.3 is 12.1 Å². The number of rotatable bonds is 2. The summed E-state index contributed by atoms with van der Waals surface area (Å²) >= 11 is 1.80. The van der Waals surface area contributed by atoms with Crippen LogP contribution >= 0.6 is 22.6 Å². The van der Waals surface area contributed by atoms with Gasteiger partial charge in [-0.3, -0.25) is 4.79 Å². The number of ether oxygens (including phenoxy) is 1. The molecule has 16 heavy (non-hydrogen) atoms. The van der Waals surface area contributed by atoms with E-state index in [0.717, 1.165) is 0 Å². The first kappa shape index (κ1) is 13.1. The fourth-order valence-corrected chi connectivity index (χ4v) is 1.67. The molecule has 0 saturated heterocycles. The second-order valence-electron chi connectivity index (χ2n) is 2.77. The molecule has 1 aromatic carbocycles. The van der Waals surface area contributed by atoms with Crippen LogP contribution < -0.4 is 10.1 Å². The molecular weight excluding hydrogens is 338 g/mol. The lowest BCUT2D eigenvalue weighted by Crippen LogP contribution is -2.30. The minimum Gasteiger partial charge on any atom is -0.496 e. The van der Waals surface area contributed by atoms with E-state index >= 15 is 0 Å². The maximum Gasteiger partial charge on any atom is 0.471 e. The van der Waals surface area contributed by atoms with Crippen molar-refractivity contribution in [1.82, 2.24) is 0 Å². The largest absolute Gasteiger partial charge is 0.496 e. The van der Waals surface area contributed by atoms with Crippen molar-refractivity contribution in [2.24, 2.45) is 0 Å². The third-order valence-electron chi connectivity index (χ3n) is 1.69. The molecule has 1 N–H and O–H groups in total. The Morgan fingerprint density at radius 3 is 2.56 bits per heavy atom. The van der Waals surface area contributed by atoms with Gasteiger partial charge in [-0.2, -0.15) is 13.2 Å². The van der Waals surface area contributed by atoms with E-state index in [1.165, 1.54) is 19.2 Å². The lowest BCUT2D eigenvalue weighted by molar-refractivity contribution is -0.167. The molecule has 0 fully saturated rings. The first-order valence-corrected chi connectivity index (χ1v) is 5.15. The van der Waals surface area contributed by atoms with Gasteiger partial charge in [0.25, 0.3) is 0 Å². The van der Waals surface area contributed by atoms with Crippen molar-refractivity contribution in [3.63, 3.8) is 0 Å². The van der Waals surface area contributed by atoms with E-state index in [1.54, 1.807) is 34.0 Å². The van der Waals surface area contributed by atoms with Gasteiger partial charge in [0.1, 0.15) is 5.75 Å². The molecule has 0 saturated carbocycles. The summed E-state index contributed by atoms with van der Waals surface area (Å²) in [4.78, 5) is 10.7. The lowest BCUT2D eigenvalue weighted by atomic mass is 10.3. The molecule has 3 nitrogen and oxygen atoms in total. The van der Waals surface area contributed by atoms with Crippen molar-refractivity contribution in [3.8, 4) is 5.75 Å². The van der Waals surface area contributed by atoms with Gasteiger partial charge in [-0.15, -0.1) is 0 Å². The van der Waals surface area contributed by atoms with Crippen molar-refractivity contribution in [2.45, 2.75) is 6.18 Å². The zero-order valence-corrected chi connectivity index (χ0v) is 10.2. The van der Waals surface area contributed by atoms with Crippen molar-refractivity contribution < 1.29 is 22.7 Å². The van der Waals surface area contributed by atoms with Crippen LogP contribution in [0.1, 0.15) is 0 Å².